The number of fused-ring (bicyclic) bond motifs is 2. The molecule has 2 aromatic carbocycles. The number of carbonyl (C=O) groups is 3. The molecule has 2 amide bonds. The first-order valence-corrected chi connectivity index (χ1v) is 20.2. The molecule has 0 fully saturated rings. The van der Waals surface area contributed by atoms with Crippen LogP contribution in [-0.2, 0) is 43.1 Å². The number of anilines is 2. The zero-order valence-electron chi connectivity index (χ0n) is 31.5. The summed E-state index contributed by atoms with van der Waals surface area (Å²) in [7, 11) is -2.46. The number of benzene rings is 2. The predicted octanol–water partition coefficient (Wildman–Crippen LogP) is 4.22. The minimum Gasteiger partial charge on any atom is -0.481 e. The predicted molar refractivity (Wildman–Crippen MR) is 209 cm³/mol. The van der Waals surface area contributed by atoms with Gasteiger partial charge in [-0.05, 0) is 42.9 Å². The van der Waals surface area contributed by atoms with Crippen molar-refractivity contribution in [2.24, 2.45) is 10.4 Å². The highest BCUT2D eigenvalue weighted by Crippen LogP contribution is 2.38. The van der Waals surface area contributed by atoms with Gasteiger partial charge in [0, 0.05) is 37.7 Å². The summed E-state index contributed by atoms with van der Waals surface area (Å²) in [5.41, 5.74) is 3.89. The maximum Gasteiger partial charge on any atom is 0.339 e. The van der Waals surface area contributed by atoms with E-state index in [-0.39, 0.29) is 48.0 Å². The van der Waals surface area contributed by atoms with Crippen LogP contribution in [-0.4, -0.2) is 93.2 Å². The number of para-hydroxylation sites is 1. The van der Waals surface area contributed by atoms with Gasteiger partial charge in [0.25, 0.3) is 5.91 Å². The molecule has 0 aliphatic carbocycles. The van der Waals surface area contributed by atoms with E-state index in [1.807, 2.05) is 30.5 Å². The third-order valence-corrected chi connectivity index (χ3v) is 9.84. The number of hydrogen-bond donors (Lipinski definition) is 4. The van der Waals surface area contributed by atoms with Crippen molar-refractivity contribution in [2.75, 3.05) is 55.4 Å². The Balaban J connectivity index is 0.000000246. The summed E-state index contributed by atoms with van der Waals surface area (Å²) in [6.45, 7) is 11.2. The number of nitrogens with one attached hydrogen (secondary N) is 1. The molecule has 0 radical (unpaired) electrons. The Morgan fingerprint density at radius 3 is 2.64 bits per heavy atom. The van der Waals surface area contributed by atoms with Crippen LogP contribution in [0.1, 0.15) is 44.6 Å². The number of terminal acetylenes is 1. The molecule has 0 saturated carbocycles. The Morgan fingerprint density at radius 1 is 1.33 bits per heavy atom. The fourth-order valence-corrected chi connectivity index (χ4v) is 7.16. The van der Waals surface area contributed by atoms with E-state index in [1.54, 1.807) is 12.0 Å². The summed E-state index contributed by atoms with van der Waals surface area (Å²) in [6, 6.07) is 8.80. The number of alkyl halides is 1. The molecule has 2 aliphatic rings. The minimum atomic E-state index is -4.10. The maximum absolute atomic E-state index is 14.5. The van der Waals surface area contributed by atoms with E-state index >= 15 is 0 Å². The van der Waals surface area contributed by atoms with E-state index in [2.05, 4.69) is 47.4 Å². The van der Waals surface area contributed by atoms with Crippen molar-refractivity contribution in [1.29, 1.82) is 0 Å². The molecule has 0 spiro atoms. The molecule has 1 atom stereocenters. The van der Waals surface area contributed by atoms with Gasteiger partial charge in [0.1, 0.15) is 23.1 Å². The molecule has 0 bridgehead atoms. The van der Waals surface area contributed by atoms with Gasteiger partial charge in [0.2, 0.25) is 10.7 Å². The quantitative estimate of drug-likeness (QED) is 0.116. The zero-order chi connectivity index (χ0) is 41.1. The standard InChI is InChI=1S/C18H17FN4O2S.C15H22ClNO2.C3H8NO5P/c1-4-5-22-13-7-12(11(19)6-14(13)25-9-16(22)24)20-17-23-10-18(2,3)8-15(23)21-26-17;1-5-13-8-6-7-11(2)15(13)17(14(18)9-16)12(3)10-19-4;5-3(6)1-4-2-10(7,8)9/h1,6-7H,5,8-10H2,2-3H3;6-8,12H,5,9-10H2,1-4H3;4H,1-2H2,(H,5,6)(H2,7,8,9)/b20-17-;;. The lowest BCUT2D eigenvalue weighted by atomic mass is 9.92. The molecule has 5 rings (SSSR count). The highest BCUT2D eigenvalue weighted by molar-refractivity contribution is 7.51. The van der Waals surface area contributed by atoms with Crippen molar-refractivity contribution in [3.8, 4) is 18.1 Å². The van der Waals surface area contributed by atoms with Crippen molar-refractivity contribution in [1.82, 2.24) is 14.3 Å². The fourth-order valence-electron chi connectivity index (χ4n) is 5.88. The number of aryl methyl sites for hydroxylation is 2. The summed E-state index contributed by atoms with van der Waals surface area (Å²) in [5, 5.41) is 10.1. The van der Waals surface area contributed by atoms with E-state index in [0.717, 1.165) is 42.0 Å². The molecule has 55 heavy (non-hydrogen) atoms. The third-order valence-electron chi connectivity index (χ3n) is 8.20. The van der Waals surface area contributed by atoms with E-state index in [1.165, 1.54) is 28.6 Å². The second kappa shape index (κ2) is 20.1. The van der Waals surface area contributed by atoms with E-state index in [4.69, 9.17) is 42.4 Å². The van der Waals surface area contributed by atoms with Crippen LogP contribution in [0.2, 0.25) is 0 Å². The molecule has 4 N–H and O–H groups in total. The SMILES string of the molecule is C#CCN1C(=O)COc2cc(F)c(/N=c3\snc4n3CC(C)(C)C4)cc21.CCc1cccc(C)c1N(C(=O)CCl)C(C)COC.O=C(O)CNCP(=O)(O)O. The number of nitrogens with zero attached hydrogens (tertiary/aromatic N) is 5. The molecule has 1 unspecified atom stereocenters. The smallest absolute Gasteiger partial charge is 0.339 e. The van der Waals surface area contributed by atoms with Gasteiger partial charge in [-0.15, -0.1) is 18.0 Å². The van der Waals surface area contributed by atoms with Crippen LogP contribution in [0.3, 0.4) is 0 Å². The Hall–Kier alpha value is -4.14. The lowest BCUT2D eigenvalue weighted by Gasteiger charge is -2.31. The number of hydrogen-bond acceptors (Lipinski definition) is 10. The molecule has 3 aromatic rings. The summed E-state index contributed by atoms with van der Waals surface area (Å²) < 4.78 is 41.6. The number of carboxylic acid groups (broad SMARTS) is 1. The highest BCUT2D eigenvalue weighted by atomic mass is 35.5. The monoisotopic (exact) mass is 824 g/mol. The molecule has 300 valence electrons. The Labute approximate surface area is 328 Å². The minimum absolute atomic E-state index is 0.0223. The van der Waals surface area contributed by atoms with Gasteiger partial charge < -0.3 is 33.8 Å². The number of rotatable bonds is 12. The fraction of sp³-hybridized carbons (Fsp3) is 0.472. The molecule has 0 saturated heterocycles. The number of carboxylic acids is 1. The summed E-state index contributed by atoms with van der Waals surface area (Å²) in [4.78, 5) is 58.7. The van der Waals surface area contributed by atoms with Crippen LogP contribution in [0.15, 0.2) is 35.3 Å². The van der Waals surface area contributed by atoms with Gasteiger partial charge in [0.15, 0.2) is 12.4 Å². The lowest BCUT2D eigenvalue weighted by molar-refractivity contribution is -0.135. The van der Waals surface area contributed by atoms with Crippen molar-refractivity contribution in [2.45, 2.75) is 60.0 Å². The topological polar surface area (TPSA) is 196 Å². The first-order chi connectivity index (χ1) is 25.9. The van der Waals surface area contributed by atoms with E-state index in [9.17, 15) is 23.3 Å². The summed E-state index contributed by atoms with van der Waals surface area (Å²) >= 11 is 7.00. The first-order valence-electron chi connectivity index (χ1n) is 17.1. The van der Waals surface area contributed by atoms with Crippen molar-refractivity contribution in [3.63, 3.8) is 0 Å². The van der Waals surface area contributed by atoms with E-state index < -0.39 is 32.2 Å². The average molecular weight is 825 g/mol. The van der Waals surface area contributed by atoms with Crippen LogP contribution in [0.4, 0.5) is 21.5 Å². The molecule has 1 aromatic heterocycles. The van der Waals surface area contributed by atoms with Crippen molar-refractivity contribution in [3.05, 3.63) is 57.9 Å². The normalized spacial score (nSPS) is 15.0. The van der Waals surface area contributed by atoms with Gasteiger partial charge in [0.05, 0.1) is 43.4 Å². The highest BCUT2D eigenvalue weighted by Gasteiger charge is 2.31. The van der Waals surface area contributed by atoms with Crippen LogP contribution in [0.25, 0.3) is 0 Å². The number of ether oxygens (including phenoxy) is 2. The molecule has 15 nitrogen and oxygen atoms in total. The van der Waals surface area contributed by atoms with Crippen molar-refractivity contribution < 1.29 is 47.7 Å². The van der Waals surface area contributed by atoms with Gasteiger partial charge in [-0.25, -0.2) is 9.38 Å². The number of methoxy groups -OCH3 is 1. The van der Waals surface area contributed by atoms with E-state index in [0.29, 0.717) is 22.8 Å². The summed E-state index contributed by atoms with van der Waals surface area (Å²) in [5.74, 6) is 1.67. The number of aliphatic carboxylic acids is 1. The molecular weight excluding hydrogens is 778 g/mol. The molecule has 2 aliphatic heterocycles. The zero-order valence-corrected chi connectivity index (χ0v) is 34.0. The molecular formula is C36H47ClFN6O9PS. The van der Waals surface area contributed by atoms with Gasteiger partial charge in [-0.1, -0.05) is 44.9 Å². The number of carbonyl (C=O) groups excluding carboxylic acids is 2. The van der Waals surface area contributed by atoms with Crippen LogP contribution in [0.5, 0.6) is 5.75 Å². The average Bonchev–Trinajstić information content (AvgIpc) is 3.61. The molecule has 19 heteroatoms. The third kappa shape index (κ3) is 12.7. The van der Waals surface area contributed by atoms with Crippen LogP contribution >= 0.6 is 30.7 Å². The Morgan fingerprint density at radius 2 is 2.04 bits per heavy atom. The summed E-state index contributed by atoms with van der Waals surface area (Å²) in [6.07, 6.45) is 6.50. The Bertz CT molecular complexity index is 2010. The lowest BCUT2D eigenvalue weighted by Crippen LogP contribution is -2.43. The largest absolute Gasteiger partial charge is 0.481 e. The number of amides is 2. The van der Waals surface area contributed by atoms with Crippen LogP contribution < -0.4 is 24.7 Å². The first kappa shape index (κ1) is 45.3. The second-order valence-electron chi connectivity index (χ2n) is 13.4. The number of aromatic nitrogens is 2. The molecule has 3 heterocycles. The number of halogens is 2. The van der Waals surface area contributed by atoms with Gasteiger partial charge in [-0.3, -0.25) is 29.2 Å². The van der Waals surface area contributed by atoms with Gasteiger partial charge >= 0.3 is 13.6 Å². The van der Waals surface area contributed by atoms with Gasteiger partial charge in [-0.2, -0.15) is 4.37 Å². The van der Waals surface area contributed by atoms with Crippen molar-refractivity contribution >= 4 is 65.6 Å². The van der Waals surface area contributed by atoms with Crippen LogP contribution in [0, 0.1) is 30.5 Å². The maximum atomic E-state index is 14.5. The second-order valence-corrected chi connectivity index (χ2v) is 16.1. The Kier molecular flexibility index (Phi) is 16.6.